The quantitative estimate of drug-likeness (QED) is 0.161. The molecule has 185 valence electrons. The Morgan fingerprint density at radius 3 is 2.50 bits per heavy atom. The molecule has 2 N–H and O–H groups in total. The van der Waals surface area contributed by atoms with Crippen molar-refractivity contribution in [2.24, 2.45) is 0 Å². The van der Waals surface area contributed by atoms with Crippen LogP contribution < -0.4 is 15.2 Å². The average molecular weight is 508 g/mol. The van der Waals surface area contributed by atoms with Crippen molar-refractivity contribution in [3.05, 3.63) is 66.5 Å². The van der Waals surface area contributed by atoms with Crippen LogP contribution in [-0.2, 0) is 11.5 Å². The summed E-state index contributed by atoms with van der Waals surface area (Å²) in [5.74, 6) is -1.58. The van der Waals surface area contributed by atoms with Crippen LogP contribution in [0.4, 0.5) is 14.5 Å². The van der Waals surface area contributed by atoms with Crippen LogP contribution in [0, 0.1) is 23.0 Å². The van der Waals surface area contributed by atoms with E-state index in [0.717, 1.165) is 29.3 Å². The van der Waals surface area contributed by atoms with Crippen LogP contribution in [0.5, 0.6) is 17.2 Å². The van der Waals surface area contributed by atoms with Gasteiger partial charge in [0.2, 0.25) is 0 Å². The number of ether oxygens (including phenoxy) is 3. The highest BCUT2D eigenvalue weighted by atomic mass is 28.3. The molecule has 4 rings (SSSR count). The van der Waals surface area contributed by atoms with E-state index in [0.29, 0.717) is 23.4 Å². The molecule has 0 aliphatic rings. The molecule has 0 aliphatic heterocycles. The molecule has 0 saturated heterocycles. The standard InChI is InChI=1S/C26H25F2N4O3Si/c1-36(2)12-11-33-16-32-15-20(17-3-5-19(6-4-17)34-10-8-29)24-23(7-9-31-26(24)32)35-25-21(27)13-18(30)14-22(25)28/h3-7,9,13-15H,10-12,16,30H2,1-2H3. The van der Waals surface area contributed by atoms with Gasteiger partial charge in [-0.1, -0.05) is 25.2 Å². The van der Waals surface area contributed by atoms with Crippen molar-refractivity contribution >= 4 is 25.5 Å². The summed E-state index contributed by atoms with van der Waals surface area (Å²) in [6.45, 7) is 5.27. The number of rotatable bonds is 10. The van der Waals surface area contributed by atoms with E-state index < -0.39 is 26.2 Å². The Morgan fingerprint density at radius 1 is 1.11 bits per heavy atom. The van der Waals surface area contributed by atoms with Crippen molar-refractivity contribution in [3.8, 4) is 34.4 Å². The van der Waals surface area contributed by atoms with Gasteiger partial charge in [0.1, 0.15) is 29.9 Å². The molecule has 0 bridgehead atoms. The van der Waals surface area contributed by atoms with Gasteiger partial charge in [0.25, 0.3) is 0 Å². The third kappa shape index (κ3) is 5.64. The number of hydrogen-bond donors (Lipinski definition) is 1. The smallest absolute Gasteiger partial charge is 0.198 e. The summed E-state index contributed by atoms with van der Waals surface area (Å²) < 4.78 is 47.9. The second-order valence-electron chi connectivity index (χ2n) is 8.40. The molecule has 36 heavy (non-hydrogen) atoms. The highest BCUT2D eigenvalue weighted by Crippen LogP contribution is 2.40. The van der Waals surface area contributed by atoms with Crippen LogP contribution in [0.15, 0.2) is 54.9 Å². The van der Waals surface area contributed by atoms with Crippen LogP contribution in [0.1, 0.15) is 0 Å². The van der Waals surface area contributed by atoms with E-state index in [1.54, 1.807) is 18.2 Å². The van der Waals surface area contributed by atoms with Gasteiger partial charge in [0, 0.05) is 51.2 Å². The number of nitrogen functional groups attached to an aromatic ring is 1. The van der Waals surface area contributed by atoms with Gasteiger partial charge in [-0.2, -0.15) is 5.26 Å². The van der Waals surface area contributed by atoms with Crippen molar-refractivity contribution in [2.45, 2.75) is 25.9 Å². The number of pyridine rings is 1. The number of anilines is 1. The monoisotopic (exact) mass is 507 g/mol. The fraction of sp³-hybridized carbons (Fsp3) is 0.231. The SMILES string of the molecule is C[Si](C)CCOCn1cc(-c2ccc(OCC#N)cc2)c2c(Oc3c(F)cc(N)cc3F)ccnc21. The van der Waals surface area contributed by atoms with E-state index in [9.17, 15) is 8.78 Å². The van der Waals surface area contributed by atoms with Crippen molar-refractivity contribution in [2.75, 3.05) is 18.9 Å². The summed E-state index contributed by atoms with van der Waals surface area (Å²) in [5, 5.41) is 9.30. The summed E-state index contributed by atoms with van der Waals surface area (Å²) in [4.78, 5) is 4.50. The molecule has 2 heterocycles. The van der Waals surface area contributed by atoms with E-state index in [2.05, 4.69) is 18.1 Å². The number of benzene rings is 2. The molecule has 0 fully saturated rings. The topological polar surface area (TPSA) is 95.3 Å². The lowest BCUT2D eigenvalue weighted by atomic mass is 10.1. The normalized spacial score (nSPS) is 11.1. The van der Waals surface area contributed by atoms with Gasteiger partial charge in [-0.05, 0) is 29.8 Å². The maximum Gasteiger partial charge on any atom is 0.198 e. The van der Waals surface area contributed by atoms with Crippen LogP contribution in [0.2, 0.25) is 19.1 Å². The fourth-order valence-corrected chi connectivity index (χ4v) is 4.21. The first kappa shape index (κ1) is 25.2. The molecule has 10 heteroatoms. The van der Waals surface area contributed by atoms with Crippen LogP contribution >= 0.6 is 0 Å². The number of nitrogens with zero attached hydrogens (tertiary/aromatic N) is 3. The molecule has 0 saturated carbocycles. The zero-order valence-electron chi connectivity index (χ0n) is 19.9. The van der Waals surface area contributed by atoms with E-state index in [1.165, 1.54) is 6.20 Å². The lowest BCUT2D eigenvalue weighted by Gasteiger charge is -2.11. The second-order valence-corrected chi connectivity index (χ2v) is 11.3. The number of nitriles is 1. The molecule has 0 amide bonds. The Kier molecular flexibility index (Phi) is 7.83. The third-order valence-electron chi connectivity index (χ3n) is 5.40. The molecule has 2 aromatic carbocycles. The molecule has 0 atom stereocenters. The average Bonchev–Trinajstić information content (AvgIpc) is 3.22. The van der Waals surface area contributed by atoms with Crippen LogP contribution in [0.25, 0.3) is 22.2 Å². The van der Waals surface area contributed by atoms with Crippen molar-refractivity contribution in [1.29, 1.82) is 5.26 Å². The highest BCUT2D eigenvalue weighted by molar-refractivity contribution is 6.55. The zero-order chi connectivity index (χ0) is 25.7. The van der Waals surface area contributed by atoms with E-state index in [4.69, 9.17) is 25.2 Å². The van der Waals surface area contributed by atoms with Gasteiger partial charge in [-0.25, -0.2) is 13.8 Å². The summed E-state index contributed by atoms with van der Waals surface area (Å²) >= 11 is 0. The summed E-state index contributed by atoms with van der Waals surface area (Å²) in [7, 11) is -0.412. The van der Waals surface area contributed by atoms with Gasteiger partial charge in [0.05, 0.1) is 5.39 Å². The van der Waals surface area contributed by atoms with Gasteiger partial charge >= 0.3 is 0 Å². The predicted molar refractivity (Wildman–Crippen MR) is 135 cm³/mol. The maximum atomic E-state index is 14.5. The largest absolute Gasteiger partial charge is 0.479 e. The van der Waals surface area contributed by atoms with Gasteiger partial charge in [-0.15, -0.1) is 0 Å². The van der Waals surface area contributed by atoms with Crippen molar-refractivity contribution in [1.82, 2.24) is 9.55 Å². The Labute approximate surface area is 209 Å². The van der Waals surface area contributed by atoms with Crippen molar-refractivity contribution in [3.63, 3.8) is 0 Å². The number of nitrogens with two attached hydrogens (primary N) is 1. The van der Waals surface area contributed by atoms with Crippen LogP contribution in [-0.4, -0.2) is 31.6 Å². The Bertz CT molecular complexity index is 1380. The van der Waals surface area contributed by atoms with Gasteiger partial charge < -0.3 is 24.5 Å². The minimum Gasteiger partial charge on any atom is -0.479 e. The second kappa shape index (κ2) is 11.2. The van der Waals surface area contributed by atoms with Crippen molar-refractivity contribution < 1.29 is 23.0 Å². The molecule has 4 aromatic rings. The molecular weight excluding hydrogens is 482 g/mol. The van der Waals surface area contributed by atoms with Gasteiger partial charge in [-0.3, -0.25) is 0 Å². The summed E-state index contributed by atoms with van der Waals surface area (Å²) in [5.41, 5.74) is 7.58. The van der Waals surface area contributed by atoms with Crippen LogP contribution in [0.3, 0.4) is 0 Å². The predicted octanol–water partition coefficient (Wildman–Crippen LogP) is 5.99. The molecule has 0 spiro atoms. The third-order valence-corrected chi connectivity index (χ3v) is 6.60. The Hall–Kier alpha value is -3.94. The molecule has 0 unspecified atom stereocenters. The lowest BCUT2D eigenvalue weighted by molar-refractivity contribution is 0.0903. The number of aromatic nitrogens is 2. The summed E-state index contributed by atoms with van der Waals surface area (Å²) in [6, 6.07) is 13.7. The van der Waals surface area contributed by atoms with E-state index >= 15 is 0 Å². The zero-order valence-corrected chi connectivity index (χ0v) is 20.9. The molecule has 1 radical (unpaired) electrons. The van der Waals surface area contributed by atoms with E-state index in [-0.39, 0.29) is 24.8 Å². The minimum absolute atomic E-state index is 0.0384. The number of hydrogen-bond acceptors (Lipinski definition) is 6. The summed E-state index contributed by atoms with van der Waals surface area (Å²) in [6.07, 6.45) is 3.39. The number of fused-ring (bicyclic) bond motifs is 1. The highest BCUT2D eigenvalue weighted by Gasteiger charge is 2.20. The Morgan fingerprint density at radius 2 is 1.83 bits per heavy atom. The van der Waals surface area contributed by atoms with E-state index in [1.807, 2.05) is 29.0 Å². The molecule has 2 aromatic heterocycles. The first-order valence-electron chi connectivity index (χ1n) is 11.2. The Balaban J connectivity index is 1.77. The fourth-order valence-electron chi connectivity index (χ4n) is 3.66. The van der Waals surface area contributed by atoms with Gasteiger partial charge in [0.15, 0.2) is 24.0 Å². The molecule has 0 aliphatic carbocycles. The first-order valence-corrected chi connectivity index (χ1v) is 13.9. The minimum atomic E-state index is -0.905. The lowest BCUT2D eigenvalue weighted by Crippen LogP contribution is -2.08. The number of halogens is 2. The molecular formula is C26H25F2N4O3Si. The molecule has 7 nitrogen and oxygen atoms in total. The maximum absolute atomic E-state index is 14.5. The first-order chi connectivity index (χ1) is 17.4.